The summed E-state index contributed by atoms with van der Waals surface area (Å²) in [6.07, 6.45) is 3.57. The molecule has 0 radical (unpaired) electrons. The summed E-state index contributed by atoms with van der Waals surface area (Å²) in [6, 6.07) is 13.0. The van der Waals surface area contributed by atoms with Gasteiger partial charge in [0.2, 0.25) is 5.91 Å². The Hall–Kier alpha value is -3.48. The van der Waals surface area contributed by atoms with E-state index in [1.54, 1.807) is 23.0 Å². The van der Waals surface area contributed by atoms with Gasteiger partial charge in [-0.25, -0.2) is 4.39 Å². The van der Waals surface area contributed by atoms with E-state index in [1.165, 1.54) is 25.1 Å². The molecule has 1 aromatic heterocycles. The normalized spacial score (nSPS) is 10.4. The second kappa shape index (κ2) is 7.60. The Labute approximate surface area is 149 Å². The lowest BCUT2D eigenvalue weighted by atomic mass is 10.1. The number of anilines is 2. The molecule has 0 atom stereocenters. The fraction of sp³-hybridized carbons (Fsp3) is 0.105. The van der Waals surface area contributed by atoms with E-state index in [-0.39, 0.29) is 17.5 Å². The molecular weight excluding hydrogens is 335 g/mol. The van der Waals surface area contributed by atoms with Crippen molar-refractivity contribution in [3.8, 4) is 0 Å². The Morgan fingerprint density at radius 3 is 2.54 bits per heavy atom. The molecule has 3 rings (SSSR count). The molecule has 0 unspecified atom stereocenters. The van der Waals surface area contributed by atoms with E-state index >= 15 is 0 Å². The smallest absolute Gasteiger partial charge is 0.255 e. The minimum atomic E-state index is -0.568. The van der Waals surface area contributed by atoms with Gasteiger partial charge in [0, 0.05) is 30.6 Å². The molecule has 0 aliphatic heterocycles. The predicted octanol–water partition coefficient (Wildman–Crippen LogP) is 3.28. The summed E-state index contributed by atoms with van der Waals surface area (Å²) in [5.41, 5.74) is 1.89. The van der Waals surface area contributed by atoms with Crippen molar-refractivity contribution in [3.05, 3.63) is 77.9 Å². The number of hydrogen-bond donors (Lipinski definition) is 2. The lowest BCUT2D eigenvalue weighted by molar-refractivity contribution is -0.114. The lowest BCUT2D eigenvalue weighted by Crippen LogP contribution is -2.13. The first-order valence-electron chi connectivity index (χ1n) is 7.96. The topological polar surface area (TPSA) is 76.0 Å². The zero-order valence-corrected chi connectivity index (χ0v) is 14.1. The zero-order valence-electron chi connectivity index (χ0n) is 14.1. The molecule has 0 saturated carbocycles. The Kier molecular flexibility index (Phi) is 5.07. The summed E-state index contributed by atoms with van der Waals surface area (Å²) >= 11 is 0. The van der Waals surface area contributed by atoms with Crippen molar-refractivity contribution in [2.24, 2.45) is 0 Å². The molecule has 2 aromatic carbocycles. The van der Waals surface area contributed by atoms with Gasteiger partial charge in [-0.2, -0.15) is 5.10 Å². The van der Waals surface area contributed by atoms with Crippen LogP contribution in [0.3, 0.4) is 0 Å². The summed E-state index contributed by atoms with van der Waals surface area (Å²) < 4.78 is 15.4. The van der Waals surface area contributed by atoms with Crippen LogP contribution in [-0.4, -0.2) is 21.6 Å². The van der Waals surface area contributed by atoms with Crippen molar-refractivity contribution in [2.45, 2.75) is 13.5 Å². The SMILES string of the molecule is CC(=O)Nc1cc(NC(=O)c2ccc(Cn3cccn3)cc2)ccc1F. The largest absolute Gasteiger partial charge is 0.324 e. The highest BCUT2D eigenvalue weighted by molar-refractivity contribution is 6.04. The first kappa shape index (κ1) is 17.3. The minimum absolute atomic E-state index is 0.0184. The minimum Gasteiger partial charge on any atom is -0.324 e. The summed E-state index contributed by atoms with van der Waals surface area (Å²) in [6.45, 7) is 1.91. The van der Waals surface area contributed by atoms with Gasteiger partial charge in [-0.3, -0.25) is 14.3 Å². The van der Waals surface area contributed by atoms with Crippen LogP contribution >= 0.6 is 0 Å². The number of halogens is 1. The Morgan fingerprint density at radius 2 is 1.88 bits per heavy atom. The summed E-state index contributed by atoms with van der Waals surface area (Å²) in [4.78, 5) is 23.4. The zero-order chi connectivity index (χ0) is 18.5. The van der Waals surface area contributed by atoms with Gasteiger partial charge >= 0.3 is 0 Å². The van der Waals surface area contributed by atoms with Crippen molar-refractivity contribution < 1.29 is 14.0 Å². The van der Waals surface area contributed by atoms with Gasteiger partial charge in [-0.15, -0.1) is 0 Å². The summed E-state index contributed by atoms with van der Waals surface area (Å²) in [5.74, 6) is -1.28. The van der Waals surface area contributed by atoms with Crippen LogP contribution in [-0.2, 0) is 11.3 Å². The highest BCUT2D eigenvalue weighted by atomic mass is 19.1. The van der Waals surface area contributed by atoms with E-state index in [1.807, 2.05) is 24.4 Å². The van der Waals surface area contributed by atoms with Gasteiger partial charge in [0.25, 0.3) is 5.91 Å². The van der Waals surface area contributed by atoms with Crippen molar-refractivity contribution >= 4 is 23.2 Å². The van der Waals surface area contributed by atoms with E-state index in [0.29, 0.717) is 17.8 Å². The molecule has 0 spiro atoms. The van der Waals surface area contributed by atoms with Gasteiger partial charge in [-0.05, 0) is 42.0 Å². The average Bonchev–Trinajstić information content (AvgIpc) is 3.11. The number of nitrogens with one attached hydrogen (secondary N) is 2. The highest BCUT2D eigenvalue weighted by Gasteiger charge is 2.09. The van der Waals surface area contributed by atoms with E-state index in [4.69, 9.17) is 0 Å². The third-order valence-electron chi connectivity index (χ3n) is 3.65. The molecule has 0 saturated heterocycles. The molecule has 3 aromatic rings. The van der Waals surface area contributed by atoms with Gasteiger partial charge in [0.05, 0.1) is 12.2 Å². The monoisotopic (exact) mass is 352 g/mol. The fourth-order valence-corrected chi connectivity index (χ4v) is 2.43. The second-order valence-electron chi connectivity index (χ2n) is 5.73. The molecule has 1 heterocycles. The van der Waals surface area contributed by atoms with Crippen LogP contribution in [0.1, 0.15) is 22.8 Å². The van der Waals surface area contributed by atoms with Crippen molar-refractivity contribution in [1.29, 1.82) is 0 Å². The van der Waals surface area contributed by atoms with Crippen LogP contribution in [0.2, 0.25) is 0 Å². The maximum atomic E-state index is 13.7. The molecule has 0 aliphatic rings. The molecule has 132 valence electrons. The Bertz CT molecular complexity index is 921. The van der Waals surface area contributed by atoms with Gasteiger partial charge in [-0.1, -0.05) is 12.1 Å². The molecule has 0 aliphatic carbocycles. The van der Waals surface area contributed by atoms with Crippen molar-refractivity contribution in [2.75, 3.05) is 10.6 Å². The number of aromatic nitrogens is 2. The van der Waals surface area contributed by atoms with E-state index < -0.39 is 5.82 Å². The summed E-state index contributed by atoms with van der Waals surface area (Å²) in [5, 5.41) is 9.21. The first-order valence-corrected chi connectivity index (χ1v) is 7.96. The predicted molar refractivity (Wildman–Crippen MR) is 96.4 cm³/mol. The van der Waals surface area contributed by atoms with Crippen LogP contribution in [0.4, 0.5) is 15.8 Å². The van der Waals surface area contributed by atoms with Gasteiger partial charge in [0.1, 0.15) is 5.82 Å². The van der Waals surface area contributed by atoms with Crippen LogP contribution in [0.25, 0.3) is 0 Å². The van der Waals surface area contributed by atoms with E-state index in [2.05, 4.69) is 15.7 Å². The molecule has 6 nitrogen and oxygen atoms in total. The molecule has 0 bridgehead atoms. The fourth-order valence-electron chi connectivity index (χ4n) is 2.43. The van der Waals surface area contributed by atoms with E-state index in [9.17, 15) is 14.0 Å². The molecule has 2 amide bonds. The number of carbonyl (C=O) groups excluding carboxylic acids is 2. The van der Waals surface area contributed by atoms with Crippen molar-refractivity contribution in [1.82, 2.24) is 9.78 Å². The molecule has 0 fully saturated rings. The number of benzene rings is 2. The number of nitrogens with zero attached hydrogens (tertiary/aromatic N) is 2. The lowest BCUT2D eigenvalue weighted by Gasteiger charge is -2.09. The number of rotatable bonds is 5. The molecule has 2 N–H and O–H groups in total. The second-order valence-corrected chi connectivity index (χ2v) is 5.73. The van der Waals surface area contributed by atoms with Crippen LogP contribution < -0.4 is 10.6 Å². The summed E-state index contributed by atoms with van der Waals surface area (Å²) in [7, 11) is 0. The third-order valence-corrected chi connectivity index (χ3v) is 3.65. The molecule has 26 heavy (non-hydrogen) atoms. The van der Waals surface area contributed by atoms with Crippen LogP contribution in [0.15, 0.2) is 60.9 Å². The van der Waals surface area contributed by atoms with Gasteiger partial charge < -0.3 is 10.6 Å². The number of carbonyl (C=O) groups is 2. The highest BCUT2D eigenvalue weighted by Crippen LogP contribution is 2.20. The molecular formula is C19H17FN4O2. The molecule has 7 heteroatoms. The maximum Gasteiger partial charge on any atom is 0.255 e. The quantitative estimate of drug-likeness (QED) is 0.740. The first-order chi connectivity index (χ1) is 12.5. The maximum absolute atomic E-state index is 13.7. The number of hydrogen-bond acceptors (Lipinski definition) is 3. The average molecular weight is 352 g/mol. The van der Waals surface area contributed by atoms with Gasteiger partial charge in [0.15, 0.2) is 0 Å². The number of amides is 2. The Morgan fingerprint density at radius 1 is 1.12 bits per heavy atom. The third kappa shape index (κ3) is 4.32. The standard InChI is InChI=1S/C19H17FN4O2/c1-13(25)22-18-11-16(7-8-17(18)20)23-19(26)15-5-3-14(4-6-15)12-24-10-2-9-21-24/h2-11H,12H2,1H3,(H,22,25)(H,23,26). The van der Waals surface area contributed by atoms with Crippen LogP contribution in [0, 0.1) is 5.82 Å². The van der Waals surface area contributed by atoms with Crippen LogP contribution in [0.5, 0.6) is 0 Å². The Balaban J connectivity index is 1.69. The van der Waals surface area contributed by atoms with Crippen molar-refractivity contribution in [3.63, 3.8) is 0 Å². The van der Waals surface area contributed by atoms with E-state index in [0.717, 1.165) is 5.56 Å².